The average molecular weight is 354 g/mol. The third-order valence-corrected chi connectivity index (χ3v) is 4.53. The highest BCUT2D eigenvalue weighted by atomic mass is 35.5. The van der Waals surface area contributed by atoms with Crippen molar-refractivity contribution < 1.29 is 9.59 Å². The van der Waals surface area contributed by atoms with Gasteiger partial charge in [0.25, 0.3) is 0 Å². The van der Waals surface area contributed by atoms with E-state index in [9.17, 15) is 9.59 Å². The molecule has 0 spiro atoms. The van der Waals surface area contributed by atoms with Crippen molar-refractivity contribution in [3.05, 3.63) is 64.7 Å². The molecule has 0 saturated carbocycles. The number of carbonyl (C=O) groups is 2. The maximum atomic E-state index is 12.4. The third-order valence-electron chi connectivity index (χ3n) is 4.16. The fourth-order valence-electron chi connectivity index (χ4n) is 2.84. The van der Waals surface area contributed by atoms with Crippen molar-refractivity contribution in [2.45, 2.75) is 13.0 Å². The molecule has 1 saturated heterocycles. The Labute approximate surface area is 150 Å². The SMILES string of the molecule is N#Cc1cccc(NC(=O)C2CC(=O)N(Cc3ccccc3Cl)C2)c1. The van der Waals surface area contributed by atoms with Gasteiger partial charge < -0.3 is 10.2 Å². The second-order valence-corrected chi connectivity index (χ2v) is 6.36. The lowest BCUT2D eigenvalue weighted by Crippen LogP contribution is -2.28. The molecule has 5 nitrogen and oxygen atoms in total. The summed E-state index contributed by atoms with van der Waals surface area (Å²) < 4.78 is 0. The van der Waals surface area contributed by atoms with Crippen LogP contribution in [0.25, 0.3) is 0 Å². The summed E-state index contributed by atoms with van der Waals surface area (Å²) in [6.45, 7) is 0.750. The van der Waals surface area contributed by atoms with Crippen LogP contribution in [0.1, 0.15) is 17.5 Å². The van der Waals surface area contributed by atoms with Crippen LogP contribution in [0.4, 0.5) is 5.69 Å². The summed E-state index contributed by atoms with van der Waals surface area (Å²) in [7, 11) is 0. The van der Waals surface area contributed by atoms with Gasteiger partial charge in [0.2, 0.25) is 11.8 Å². The predicted molar refractivity (Wildman–Crippen MR) is 94.8 cm³/mol. The lowest BCUT2D eigenvalue weighted by molar-refractivity contribution is -0.128. The van der Waals surface area contributed by atoms with E-state index in [0.717, 1.165) is 5.56 Å². The van der Waals surface area contributed by atoms with Gasteiger partial charge in [-0.15, -0.1) is 0 Å². The Balaban J connectivity index is 1.64. The molecule has 1 aliphatic rings. The minimum atomic E-state index is -0.416. The molecule has 1 aliphatic heterocycles. The normalized spacial score (nSPS) is 16.6. The average Bonchev–Trinajstić information content (AvgIpc) is 2.98. The second kappa shape index (κ2) is 7.37. The van der Waals surface area contributed by atoms with Gasteiger partial charge in [0.1, 0.15) is 0 Å². The van der Waals surface area contributed by atoms with Crippen molar-refractivity contribution in [3.8, 4) is 6.07 Å². The van der Waals surface area contributed by atoms with Crippen LogP contribution >= 0.6 is 11.6 Å². The lowest BCUT2D eigenvalue weighted by atomic mass is 10.1. The first-order valence-corrected chi connectivity index (χ1v) is 8.27. The van der Waals surface area contributed by atoms with Gasteiger partial charge in [0.05, 0.1) is 17.6 Å². The number of nitrogens with one attached hydrogen (secondary N) is 1. The van der Waals surface area contributed by atoms with Crippen molar-refractivity contribution in [1.29, 1.82) is 5.26 Å². The smallest absolute Gasteiger partial charge is 0.229 e. The first-order chi connectivity index (χ1) is 12.1. The Bertz CT molecular complexity index is 860. The van der Waals surface area contributed by atoms with E-state index in [0.29, 0.717) is 29.4 Å². The van der Waals surface area contributed by atoms with Crippen LogP contribution in [0.3, 0.4) is 0 Å². The zero-order chi connectivity index (χ0) is 17.8. The molecule has 2 amide bonds. The molecule has 1 N–H and O–H groups in total. The summed E-state index contributed by atoms with van der Waals surface area (Å²) in [5.74, 6) is -0.698. The minimum absolute atomic E-state index is 0.0640. The number of benzene rings is 2. The van der Waals surface area contributed by atoms with Crippen LogP contribution < -0.4 is 5.32 Å². The number of anilines is 1. The molecule has 0 aliphatic carbocycles. The molecule has 1 unspecified atom stereocenters. The van der Waals surface area contributed by atoms with Crippen molar-refractivity contribution in [2.75, 3.05) is 11.9 Å². The van der Waals surface area contributed by atoms with Crippen LogP contribution in [0, 0.1) is 17.2 Å². The van der Waals surface area contributed by atoms with Gasteiger partial charge >= 0.3 is 0 Å². The third kappa shape index (κ3) is 3.98. The van der Waals surface area contributed by atoms with Crippen LogP contribution in [0.2, 0.25) is 5.02 Å². The number of rotatable bonds is 4. The van der Waals surface area contributed by atoms with Crippen molar-refractivity contribution in [2.24, 2.45) is 5.92 Å². The van der Waals surface area contributed by atoms with Crippen LogP contribution in [0.5, 0.6) is 0 Å². The van der Waals surface area contributed by atoms with Crippen LogP contribution in [-0.2, 0) is 16.1 Å². The van der Waals surface area contributed by atoms with E-state index in [-0.39, 0.29) is 18.2 Å². The summed E-state index contributed by atoms with van der Waals surface area (Å²) in [5.41, 5.74) is 1.89. The Morgan fingerprint density at radius 2 is 2.08 bits per heavy atom. The van der Waals surface area contributed by atoms with E-state index in [4.69, 9.17) is 16.9 Å². The minimum Gasteiger partial charge on any atom is -0.337 e. The molecule has 0 aromatic heterocycles. The quantitative estimate of drug-likeness (QED) is 0.917. The maximum Gasteiger partial charge on any atom is 0.229 e. The molecule has 6 heteroatoms. The number of carbonyl (C=O) groups excluding carboxylic acids is 2. The number of hydrogen-bond donors (Lipinski definition) is 1. The molecule has 2 aromatic rings. The van der Waals surface area contributed by atoms with Crippen molar-refractivity contribution >= 4 is 29.1 Å². The van der Waals surface area contributed by atoms with E-state index in [1.165, 1.54) is 0 Å². The highest BCUT2D eigenvalue weighted by Gasteiger charge is 2.34. The van der Waals surface area contributed by atoms with Gasteiger partial charge in [-0.3, -0.25) is 9.59 Å². The predicted octanol–water partition coefficient (Wildman–Crippen LogP) is 3.20. The first-order valence-electron chi connectivity index (χ1n) is 7.89. The van der Waals surface area contributed by atoms with Gasteiger partial charge in [-0.25, -0.2) is 0 Å². The monoisotopic (exact) mass is 353 g/mol. The first kappa shape index (κ1) is 17.0. The Morgan fingerprint density at radius 3 is 2.84 bits per heavy atom. The summed E-state index contributed by atoms with van der Waals surface area (Å²) in [5, 5.41) is 12.3. The van der Waals surface area contributed by atoms with Gasteiger partial charge in [-0.2, -0.15) is 5.26 Å². The lowest BCUT2D eigenvalue weighted by Gasteiger charge is -2.17. The molecule has 1 fully saturated rings. The molecule has 1 atom stereocenters. The number of nitriles is 1. The Morgan fingerprint density at radius 1 is 1.28 bits per heavy atom. The summed E-state index contributed by atoms with van der Waals surface area (Å²) in [6, 6.07) is 16.1. The topological polar surface area (TPSA) is 73.2 Å². The molecule has 0 radical (unpaired) electrons. The van der Waals surface area contributed by atoms with Gasteiger partial charge in [-0.1, -0.05) is 35.9 Å². The number of likely N-dealkylation sites (tertiary alicyclic amines) is 1. The second-order valence-electron chi connectivity index (χ2n) is 5.95. The zero-order valence-electron chi connectivity index (χ0n) is 13.4. The fraction of sp³-hybridized carbons (Fsp3) is 0.211. The highest BCUT2D eigenvalue weighted by molar-refractivity contribution is 6.31. The van der Waals surface area contributed by atoms with E-state index >= 15 is 0 Å². The molecule has 0 bridgehead atoms. The van der Waals surface area contributed by atoms with Gasteiger partial charge in [-0.05, 0) is 29.8 Å². The van der Waals surface area contributed by atoms with Crippen molar-refractivity contribution in [3.63, 3.8) is 0 Å². The van der Waals surface area contributed by atoms with E-state index in [1.807, 2.05) is 24.3 Å². The summed E-state index contributed by atoms with van der Waals surface area (Å²) in [4.78, 5) is 26.3. The Hall–Kier alpha value is -2.84. The largest absolute Gasteiger partial charge is 0.337 e. The van der Waals surface area contributed by atoms with Gasteiger partial charge in [0.15, 0.2) is 0 Å². The van der Waals surface area contributed by atoms with E-state index in [1.54, 1.807) is 35.2 Å². The number of amides is 2. The van der Waals surface area contributed by atoms with E-state index in [2.05, 4.69) is 5.32 Å². The molecule has 1 heterocycles. The summed E-state index contributed by atoms with van der Waals surface area (Å²) in [6.07, 6.45) is 0.175. The maximum absolute atomic E-state index is 12.4. The Kier molecular flexibility index (Phi) is 5.01. The molecule has 126 valence electrons. The van der Waals surface area contributed by atoms with Gasteiger partial charge in [0, 0.05) is 30.2 Å². The van der Waals surface area contributed by atoms with Crippen molar-refractivity contribution in [1.82, 2.24) is 4.90 Å². The molecule has 25 heavy (non-hydrogen) atoms. The fourth-order valence-corrected chi connectivity index (χ4v) is 3.04. The number of nitrogens with zero attached hydrogens (tertiary/aromatic N) is 2. The highest BCUT2D eigenvalue weighted by Crippen LogP contribution is 2.24. The zero-order valence-corrected chi connectivity index (χ0v) is 14.2. The molecule has 2 aromatic carbocycles. The molecular weight excluding hydrogens is 338 g/mol. The number of halogens is 1. The molecular formula is C19H16ClN3O2. The van der Waals surface area contributed by atoms with E-state index < -0.39 is 5.92 Å². The summed E-state index contributed by atoms with van der Waals surface area (Å²) >= 11 is 6.14. The standard InChI is InChI=1S/C19H16ClN3O2/c20-17-7-2-1-5-14(17)11-23-12-15(9-18(23)24)19(25)22-16-6-3-4-13(8-16)10-21/h1-8,15H,9,11-12H2,(H,22,25). The number of hydrogen-bond acceptors (Lipinski definition) is 3. The molecule has 3 rings (SSSR count). The van der Waals surface area contributed by atoms with Crippen LogP contribution in [-0.4, -0.2) is 23.3 Å². The van der Waals surface area contributed by atoms with Crippen LogP contribution in [0.15, 0.2) is 48.5 Å².